The molecule has 3 aromatic rings. The SMILES string of the molecule is Cc1cnc2c(c1)nc(-c1ccccc1[S+]([O-])C(C)C)n2C. The highest BCUT2D eigenvalue weighted by molar-refractivity contribution is 7.92. The molecular formula is C17H19N3OS. The Kier molecular flexibility index (Phi) is 3.93. The van der Waals surface area contributed by atoms with Crippen molar-refractivity contribution in [3.05, 3.63) is 42.1 Å². The number of benzene rings is 1. The Morgan fingerprint density at radius 2 is 1.95 bits per heavy atom. The number of rotatable bonds is 3. The Morgan fingerprint density at radius 3 is 2.68 bits per heavy atom. The molecule has 1 unspecified atom stereocenters. The van der Waals surface area contributed by atoms with Crippen molar-refractivity contribution < 1.29 is 4.55 Å². The number of nitrogens with zero attached hydrogens (tertiary/aromatic N) is 3. The summed E-state index contributed by atoms with van der Waals surface area (Å²) in [5.74, 6) is 0.803. The molecule has 22 heavy (non-hydrogen) atoms. The van der Waals surface area contributed by atoms with Crippen LogP contribution in [-0.2, 0) is 18.2 Å². The summed E-state index contributed by atoms with van der Waals surface area (Å²) in [6.45, 7) is 5.93. The van der Waals surface area contributed by atoms with Crippen molar-refractivity contribution in [3.63, 3.8) is 0 Å². The van der Waals surface area contributed by atoms with Gasteiger partial charge in [-0.3, -0.25) is 0 Å². The van der Waals surface area contributed by atoms with Gasteiger partial charge in [0.15, 0.2) is 10.5 Å². The Bertz CT molecular complexity index is 826. The van der Waals surface area contributed by atoms with Crippen LogP contribution in [0.15, 0.2) is 41.4 Å². The summed E-state index contributed by atoms with van der Waals surface area (Å²) in [4.78, 5) is 10.00. The normalized spacial score (nSPS) is 13.0. The third kappa shape index (κ3) is 2.51. The van der Waals surface area contributed by atoms with Gasteiger partial charge in [-0.2, -0.15) is 0 Å². The van der Waals surface area contributed by atoms with Gasteiger partial charge in [0.05, 0.1) is 5.56 Å². The van der Waals surface area contributed by atoms with Crippen molar-refractivity contribution >= 4 is 22.3 Å². The fraction of sp³-hybridized carbons (Fsp3) is 0.294. The van der Waals surface area contributed by atoms with E-state index in [0.717, 1.165) is 33.0 Å². The van der Waals surface area contributed by atoms with E-state index in [1.54, 1.807) is 0 Å². The van der Waals surface area contributed by atoms with Crippen molar-refractivity contribution in [3.8, 4) is 11.4 Å². The van der Waals surface area contributed by atoms with E-state index in [1.165, 1.54) is 0 Å². The molecule has 5 heteroatoms. The van der Waals surface area contributed by atoms with E-state index in [2.05, 4.69) is 4.98 Å². The van der Waals surface area contributed by atoms with Crippen molar-refractivity contribution in [1.82, 2.24) is 14.5 Å². The van der Waals surface area contributed by atoms with Crippen molar-refractivity contribution in [2.75, 3.05) is 0 Å². The van der Waals surface area contributed by atoms with Gasteiger partial charge in [0.2, 0.25) is 0 Å². The van der Waals surface area contributed by atoms with Gasteiger partial charge in [0.1, 0.15) is 16.6 Å². The topological polar surface area (TPSA) is 53.8 Å². The summed E-state index contributed by atoms with van der Waals surface area (Å²) in [6.07, 6.45) is 1.84. The smallest absolute Gasteiger partial charge is 0.163 e. The van der Waals surface area contributed by atoms with Gasteiger partial charge in [-0.1, -0.05) is 12.1 Å². The molecular weight excluding hydrogens is 294 g/mol. The first kappa shape index (κ1) is 15.1. The zero-order chi connectivity index (χ0) is 15.9. The molecule has 0 aliphatic rings. The molecule has 0 aliphatic carbocycles. The maximum Gasteiger partial charge on any atom is 0.163 e. The standard InChI is InChI=1S/C17H19N3OS/c1-11(2)22(21)15-8-6-5-7-13(15)16-19-14-9-12(3)10-18-17(14)20(16)4/h5-11H,1-4H3. The lowest BCUT2D eigenvalue weighted by Crippen LogP contribution is -2.15. The van der Waals surface area contributed by atoms with Crippen LogP contribution in [-0.4, -0.2) is 24.3 Å². The van der Waals surface area contributed by atoms with Gasteiger partial charge in [0, 0.05) is 13.2 Å². The average Bonchev–Trinajstić information content (AvgIpc) is 2.82. The molecule has 1 atom stereocenters. The lowest BCUT2D eigenvalue weighted by molar-refractivity contribution is 0.586. The molecule has 0 N–H and O–H groups in total. The van der Waals surface area contributed by atoms with E-state index in [0.29, 0.717) is 0 Å². The fourth-order valence-electron chi connectivity index (χ4n) is 2.50. The Balaban J connectivity index is 2.22. The molecule has 4 nitrogen and oxygen atoms in total. The Labute approximate surface area is 133 Å². The fourth-order valence-corrected chi connectivity index (χ4v) is 3.59. The number of hydrogen-bond donors (Lipinski definition) is 0. The Hall–Kier alpha value is -1.85. The van der Waals surface area contributed by atoms with E-state index in [1.807, 2.05) is 68.9 Å². The van der Waals surface area contributed by atoms with Gasteiger partial charge < -0.3 is 9.12 Å². The van der Waals surface area contributed by atoms with Crippen molar-refractivity contribution in [2.45, 2.75) is 30.9 Å². The molecule has 0 spiro atoms. The molecule has 0 fully saturated rings. The summed E-state index contributed by atoms with van der Waals surface area (Å²) in [6, 6.07) is 9.79. The molecule has 0 saturated carbocycles. The molecule has 2 aromatic heterocycles. The van der Waals surface area contributed by atoms with Gasteiger partial charge in [-0.25, -0.2) is 9.97 Å². The molecule has 114 valence electrons. The van der Waals surface area contributed by atoms with Crippen LogP contribution in [0.2, 0.25) is 0 Å². The van der Waals surface area contributed by atoms with E-state index >= 15 is 0 Å². The second-order valence-corrected chi connectivity index (χ2v) is 7.67. The minimum atomic E-state index is -1.06. The van der Waals surface area contributed by atoms with Crippen LogP contribution in [0.1, 0.15) is 19.4 Å². The van der Waals surface area contributed by atoms with Gasteiger partial charge in [0.25, 0.3) is 0 Å². The predicted molar refractivity (Wildman–Crippen MR) is 90.2 cm³/mol. The van der Waals surface area contributed by atoms with Gasteiger partial charge in [-0.05, 0) is 55.7 Å². The van der Waals surface area contributed by atoms with Crippen LogP contribution >= 0.6 is 0 Å². The Morgan fingerprint density at radius 1 is 1.23 bits per heavy atom. The zero-order valence-electron chi connectivity index (χ0n) is 13.2. The lowest BCUT2D eigenvalue weighted by Gasteiger charge is -2.16. The maximum atomic E-state index is 12.6. The van der Waals surface area contributed by atoms with E-state index in [9.17, 15) is 4.55 Å². The second kappa shape index (κ2) is 5.74. The third-order valence-corrected chi connectivity index (χ3v) is 5.26. The number of fused-ring (bicyclic) bond motifs is 1. The van der Waals surface area contributed by atoms with Crippen LogP contribution in [0, 0.1) is 6.92 Å². The third-order valence-electron chi connectivity index (χ3n) is 3.62. The van der Waals surface area contributed by atoms with E-state index < -0.39 is 11.2 Å². The van der Waals surface area contributed by atoms with Crippen LogP contribution in [0.5, 0.6) is 0 Å². The zero-order valence-corrected chi connectivity index (χ0v) is 14.0. The molecule has 0 aliphatic heterocycles. The molecule has 3 rings (SSSR count). The number of pyridine rings is 1. The number of aromatic nitrogens is 3. The van der Waals surface area contributed by atoms with Crippen molar-refractivity contribution in [1.29, 1.82) is 0 Å². The summed E-state index contributed by atoms with van der Waals surface area (Å²) in [5.41, 5.74) is 3.69. The van der Waals surface area contributed by atoms with Crippen LogP contribution in [0.3, 0.4) is 0 Å². The van der Waals surface area contributed by atoms with Gasteiger partial charge >= 0.3 is 0 Å². The number of imidazole rings is 1. The van der Waals surface area contributed by atoms with Crippen molar-refractivity contribution in [2.24, 2.45) is 7.05 Å². The van der Waals surface area contributed by atoms with E-state index in [-0.39, 0.29) is 5.25 Å². The lowest BCUT2D eigenvalue weighted by atomic mass is 10.2. The number of hydrogen-bond acceptors (Lipinski definition) is 3. The highest BCUT2D eigenvalue weighted by Crippen LogP contribution is 2.30. The summed E-state index contributed by atoms with van der Waals surface area (Å²) in [7, 11) is 1.95. The highest BCUT2D eigenvalue weighted by atomic mass is 32.2. The molecule has 0 saturated heterocycles. The monoisotopic (exact) mass is 313 g/mol. The minimum Gasteiger partial charge on any atom is -0.611 e. The molecule has 0 amide bonds. The molecule has 0 radical (unpaired) electrons. The summed E-state index contributed by atoms with van der Waals surface area (Å²) in [5, 5.41) is 0.0659. The van der Waals surface area contributed by atoms with Crippen LogP contribution in [0.4, 0.5) is 0 Å². The first-order valence-corrected chi connectivity index (χ1v) is 8.49. The largest absolute Gasteiger partial charge is 0.611 e. The number of aryl methyl sites for hydroxylation is 2. The minimum absolute atomic E-state index is 0.0659. The van der Waals surface area contributed by atoms with E-state index in [4.69, 9.17) is 4.98 Å². The first-order chi connectivity index (χ1) is 10.5. The highest BCUT2D eigenvalue weighted by Gasteiger charge is 2.23. The maximum absolute atomic E-state index is 12.6. The van der Waals surface area contributed by atoms with Crippen LogP contribution < -0.4 is 0 Å². The second-order valence-electron chi connectivity index (χ2n) is 5.69. The molecule has 2 heterocycles. The quantitative estimate of drug-likeness (QED) is 0.696. The average molecular weight is 313 g/mol. The first-order valence-electron chi connectivity index (χ1n) is 7.28. The van der Waals surface area contributed by atoms with Crippen LogP contribution in [0.25, 0.3) is 22.6 Å². The summed E-state index contributed by atoms with van der Waals surface area (Å²) >= 11 is -1.06. The molecule has 1 aromatic carbocycles. The molecule has 0 bridgehead atoms. The van der Waals surface area contributed by atoms with Gasteiger partial charge in [-0.15, -0.1) is 0 Å². The predicted octanol–water partition coefficient (Wildman–Crippen LogP) is 3.46. The summed E-state index contributed by atoms with van der Waals surface area (Å²) < 4.78 is 14.5.